The van der Waals surface area contributed by atoms with Crippen LogP contribution in [0.4, 0.5) is 0 Å². The summed E-state index contributed by atoms with van der Waals surface area (Å²) in [5.74, 6) is 0. The second-order valence-electron chi connectivity index (χ2n) is 3.38. The van der Waals surface area contributed by atoms with Crippen LogP contribution in [-0.2, 0) is 9.47 Å². The molecule has 0 saturated carbocycles. The third-order valence-electron chi connectivity index (χ3n) is 0.937. The fourth-order valence-electron chi connectivity index (χ4n) is 0.538. The fourth-order valence-corrected chi connectivity index (χ4v) is 1.23. The summed E-state index contributed by atoms with van der Waals surface area (Å²) < 4.78 is 9.78. The van der Waals surface area contributed by atoms with Crippen molar-refractivity contribution in [2.45, 2.75) is 19.6 Å². The number of hydrogen-bond acceptors (Lipinski definition) is 2. The first kappa shape index (κ1) is 15.0. The minimum Gasteiger partial charge on any atom is -0.499 e. The van der Waals surface area contributed by atoms with E-state index >= 15 is 0 Å². The summed E-state index contributed by atoms with van der Waals surface area (Å²) in [5.41, 5.74) is 3.31. The summed E-state index contributed by atoms with van der Waals surface area (Å²) in [6.07, 6.45) is 1.95. The molecule has 0 fully saturated rings. The molecule has 0 aromatic carbocycles. The fraction of sp³-hybridized carbons (Fsp3) is 0.750. The molecule has 0 aliphatic carbocycles. The van der Waals surface area contributed by atoms with Crippen LogP contribution in [0.2, 0.25) is 19.6 Å². The van der Waals surface area contributed by atoms with Crippen molar-refractivity contribution in [3.05, 3.63) is 11.8 Å². The van der Waals surface area contributed by atoms with Crippen molar-refractivity contribution >= 4 is 8.07 Å². The van der Waals surface area contributed by atoms with Gasteiger partial charge in [0.25, 0.3) is 0 Å². The summed E-state index contributed by atoms with van der Waals surface area (Å²) in [5, 5.41) is 0. The Bertz CT molecular complexity index is 121. The zero-order valence-corrected chi connectivity index (χ0v) is 9.81. The Balaban J connectivity index is 0. The van der Waals surface area contributed by atoms with E-state index in [4.69, 9.17) is 9.47 Å². The van der Waals surface area contributed by atoms with Gasteiger partial charge in [-0.15, -0.1) is 8.07 Å². The smallest absolute Gasteiger partial charge is 0.499 e. The molecule has 0 heterocycles. The van der Waals surface area contributed by atoms with Gasteiger partial charge in [0.2, 0.25) is 0 Å². The normalized spacial score (nSPS) is 11.7. The summed E-state index contributed by atoms with van der Waals surface area (Å²) >= 11 is 0. The Morgan fingerprint density at radius 2 is 1.92 bits per heavy atom. The van der Waals surface area contributed by atoms with Crippen LogP contribution in [0.3, 0.4) is 0 Å². The van der Waals surface area contributed by atoms with Crippen molar-refractivity contribution in [2.75, 3.05) is 20.5 Å². The predicted octanol–water partition coefficient (Wildman–Crippen LogP) is -1.15. The standard InChI is InChI=1S/C8H17O2Si.Li/c1-9-8-10-6-5-7-11(2,3)4;/h5H,6,8H2,1-4H3;/q-1;+1. The Morgan fingerprint density at radius 3 is 2.33 bits per heavy atom. The van der Waals surface area contributed by atoms with Gasteiger partial charge in [-0.1, -0.05) is 19.6 Å². The Morgan fingerprint density at radius 1 is 1.33 bits per heavy atom. The summed E-state index contributed by atoms with van der Waals surface area (Å²) in [7, 11) is 0.473. The maximum Gasteiger partial charge on any atom is 1.00 e. The van der Waals surface area contributed by atoms with E-state index in [1.54, 1.807) is 7.11 Å². The van der Waals surface area contributed by atoms with Crippen LogP contribution >= 0.6 is 0 Å². The van der Waals surface area contributed by atoms with Crippen LogP contribution in [0.1, 0.15) is 0 Å². The zero-order valence-electron chi connectivity index (χ0n) is 8.81. The van der Waals surface area contributed by atoms with Crippen LogP contribution in [0.25, 0.3) is 0 Å². The van der Waals surface area contributed by atoms with Crippen molar-refractivity contribution in [2.24, 2.45) is 0 Å². The molecule has 12 heavy (non-hydrogen) atoms. The van der Waals surface area contributed by atoms with Gasteiger partial charge in [-0.25, -0.2) is 6.08 Å². The molecule has 4 heteroatoms. The van der Waals surface area contributed by atoms with Gasteiger partial charge in [-0.2, -0.15) is 0 Å². The minimum absolute atomic E-state index is 0. The van der Waals surface area contributed by atoms with Crippen molar-refractivity contribution in [3.63, 3.8) is 0 Å². The van der Waals surface area contributed by atoms with Crippen LogP contribution in [0.15, 0.2) is 6.08 Å². The van der Waals surface area contributed by atoms with Gasteiger partial charge in [0.05, 0.1) is 0 Å². The van der Waals surface area contributed by atoms with E-state index in [1.165, 1.54) is 0 Å². The monoisotopic (exact) mass is 180 g/mol. The van der Waals surface area contributed by atoms with Crippen molar-refractivity contribution < 1.29 is 28.3 Å². The first-order valence-corrected chi connectivity index (χ1v) is 7.22. The largest absolute Gasteiger partial charge is 1.00 e. The molecule has 0 amide bonds. The Kier molecular flexibility index (Phi) is 10.1. The quantitative estimate of drug-likeness (QED) is 0.230. The molecule has 0 radical (unpaired) electrons. The average Bonchev–Trinajstić information content (AvgIpc) is 1.85. The van der Waals surface area contributed by atoms with Crippen LogP contribution in [0, 0.1) is 5.70 Å². The molecule has 2 nitrogen and oxygen atoms in total. The van der Waals surface area contributed by atoms with Crippen molar-refractivity contribution in [3.8, 4) is 0 Å². The molecule has 0 unspecified atom stereocenters. The van der Waals surface area contributed by atoms with Gasteiger partial charge in [0.1, 0.15) is 6.79 Å². The molecule has 0 aliphatic rings. The average molecular weight is 180 g/mol. The molecular formula is C8H17LiO2Si. The molecule has 0 rings (SSSR count). The number of hydrogen-bond donors (Lipinski definition) is 0. The predicted molar refractivity (Wildman–Crippen MR) is 49.0 cm³/mol. The second-order valence-corrected chi connectivity index (χ2v) is 8.16. The molecule has 0 aliphatic heterocycles. The Hall–Kier alpha value is 0.474. The van der Waals surface area contributed by atoms with Crippen molar-refractivity contribution in [1.29, 1.82) is 0 Å². The van der Waals surface area contributed by atoms with Crippen molar-refractivity contribution in [1.82, 2.24) is 0 Å². The van der Waals surface area contributed by atoms with Gasteiger partial charge < -0.3 is 15.2 Å². The molecule has 0 aromatic heterocycles. The first-order valence-electron chi connectivity index (χ1n) is 3.72. The molecule has 0 bridgehead atoms. The molecule has 0 N–H and O–H groups in total. The molecule has 0 atom stereocenters. The summed E-state index contributed by atoms with van der Waals surface area (Å²) in [6, 6.07) is 0. The molecule has 0 spiro atoms. The van der Waals surface area contributed by atoms with Crippen LogP contribution in [0.5, 0.6) is 0 Å². The Labute approximate surface area is 88.5 Å². The van der Waals surface area contributed by atoms with E-state index in [2.05, 4.69) is 25.3 Å². The summed E-state index contributed by atoms with van der Waals surface area (Å²) in [4.78, 5) is 0. The minimum atomic E-state index is -1.14. The first-order chi connectivity index (χ1) is 5.06. The van der Waals surface area contributed by atoms with Gasteiger partial charge >= 0.3 is 18.9 Å². The van der Waals surface area contributed by atoms with E-state index in [-0.39, 0.29) is 18.9 Å². The van der Waals surface area contributed by atoms with Gasteiger partial charge in [-0.05, 0) is 0 Å². The summed E-state index contributed by atoms with van der Waals surface area (Å²) in [6.45, 7) is 7.68. The van der Waals surface area contributed by atoms with Crippen LogP contribution in [-0.4, -0.2) is 28.6 Å². The maximum absolute atomic E-state index is 5.06. The third-order valence-corrected chi connectivity index (χ3v) is 2.01. The molecule has 66 valence electrons. The van der Waals surface area contributed by atoms with Gasteiger partial charge in [-0.3, -0.25) is 0 Å². The number of methoxy groups -OCH3 is 1. The topological polar surface area (TPSA) is 18.5 Å². The van der Waals surface area contributed by atoms with E-state index in [9.17, 15) is 0 Å². The maximum atomic E-state index is 5.06. The van der Waals surface area contributed by atoms with E-state index in [0.717, 1.165) is 0 Å². The molecule has 0 aromatic rings. The van der Waals surface area contributed by atoms with E-state index in [1.807, 2.05) is 6.08 Å². The number of rotatable bonds is 5. The molecular weight excluding hydrogens is 163 g/mol. The zero-order chi connectivity index (χ0) is 8.74. The van der Waals surface area contributed by atoms with Crippen LogP contribution < -0.4 is 18.9 Å². The van der Waals surface area contributed by atoms with Gasteiger partial charge in [0.15, 0.2) is 0 Å². The van der Waals surface area contributed by atoms with E-state index < -0.39 is 8.07 Å². The SMILES string of the molecule is COCOCC=[C-][Si](C)(C)C.[Li+]. The third kappa shape index (κ3) is 13.1. The molecule has 0 saturated heterocycles. The number of ether oxygens (including phenoxy) is 2. The second kappa shape index (κ2) is 8.09. The van der Waals surface area contributed by atoms with Gasteiger partial charge in [0, 0.05) is 13.7 Å². The van der Waals surface area contributed by atoms with E-state index in [0.29, 0.717) is 13.4 Å².